The first-order valence-electron chi connectivity index (χ1n) is 10.0. The third-order valence-corrected chi connectivity index (χ3v) is 4.86. The highest BCUT2D eigenvalue weighted by molar-refractivity contribution is 5.98. The lowest BCUT2D eigenvalue weighted by molar-refractivity contribution is 0.261. The quantitative estimate of drug-likeness (QED) is 0.429. The van der Waals surface area contributed by atoms with E-state index in [0.717, 1.165) is 35.4 Å². The van der Waals surface area contributed by atoms with Crippen LogP contribution in [0.4, 0.5) is 4.39 Å². The Hall–Kier alpha value is -2.91. The fraction of sp³-hybridized carbons (Fsp3) is 0.231. The zero-order valence-corrected chi connectivity index (χ0v) is 17.4. The van der Waals surface area contributed by atoms with Gasteiger partial charge in [-0.15, -0.1) is 0 Å². The van der Waals surface area contributed by atoms with Gasteiger partial charge in [0, 0.05) is 6.54 Å². The van der Waals surface area contributed by atoms with Gasteiger partial charge in [-0.05, 0) is 72.6 Å². The molecule has 0 spiro atoms. The zero-order valence-electron chi connectivity index (χ0n) is 17.4. The van der Waals surface area contributed by atoms with E-state index in [-0.39, 0.29) is 5.82 Å². The monoisotopic (exact) mass is 389 g/mol. The molecule has 150 valence electrons. The Kier molecular flexibility index (Phi) is 7.20. The van der Waals surface area contributed by atoms with E-state index in [2.05, 4.69) is 48.2 Å². The van der Waals surface area contributed by atoms with Crippen molar-refractivity contribution >= 4 is 11.1 Å². The van der Waals surface area contributed by atoms with E-state index in [4.69, 9.17) is 4.74 Å². The van der Waals surface area contributed by atoms with Crippen molar-refractivity contribution in [2.75, 3.05) is 27.2 Å². The van der Waals surface area contributed by atoms with E-state index >= 15 is 0 Å². The Bertz CT molecular complexity index is 929. The summed E-state index contributed by atoms with van der Waals surface area (Å²) in [5.74, 6) is 0.627. The third kappa shape index (κ3) is 5.55. The fourth-order valence-electron chi connectivity index (χ4n) is 3.36. The second-order valence-corrected chi connectivity index (χ2v) is 7.26. The molecule has 0 aliphatic carbocycles. The van der Waals surface area contributed by atoms with Crippen molar-refractivity contribution < 1.29 is 9.13 Å². The number of benzene rings is 3. The Labute approximate surface area is 173 Å². The molecular weight excluding hydrogens is 361 g/mol. The summed E-state index contributed by atoms with van der Waals surface area (Å²) >= 11 is 0. The average Bonchev–Trinajstić information content (AvgIpc) is 2.74. The highest BCUT2D eigenvalue weighted by atomic mass is 19.1. The van der Waals surface area contributed by atoms with Gasteiger partial charge in [0.15, 0.2) is 0 Å². The standard InChI is InChI=1S/C26H28FNO/c1-4-25(20-8-6-5-7-9-20)26(21-10-14-23(27)15-11-21)22-12-16-24(17-13-22)29-19-18-28(2)3/h5-17H,4,18-19H2,1-3H3/b26-25+. The summed E-state index contributed by atoms with van der Waals surface area (Å²) < 4.78 is 19.4. The van der Waals surface area contributed by atoms with Crippen molar-refractivity contribution in [2.24, 2.45) is 0 Å². The van der Waals surface area contributed by atoms with Crippen LogP contribution in [0.3, 0.4) is 0 Å². The molecule has 3 aromatic rings. The van der Waals surface area contributed by atoms with Gasteiger partial charge in [0.25, 0.3) is 0 Å². The molecule has 0 bridgehead atoms. The van der Waals surface area contributed by atoms with E-state index < -0.39 is 0 Å². The van der Waals surface area contributed by atoms with E-state index in [1.165, 1.54) is 23.3 Å². The molecular formula is C26H28FNO. The minimum atomic E-state index is -0.226. The third-order valence-electron chi connectivity index (χ3n) is 4.86. The molecule has 0 atom stereocenters. The molecule has 0 fully saturated rings. The minimum absolute atomic E-state index is 0.226. The number of nitrogens with zero attached hydrogens (tertiary/aromatic N) is 1. The molecule has 3 heteroatoms. The first-order valence-corrected chi connectivity index (χ1v) is 10.0. The van der Waals surface area contributed by atoms with Crippen LogP contribution in [0.1, 0.15) is 30.0 Å². The van der Waals surface area contributed by atoms with Crippen LogP contribution in [0.2, 0.25) is 0 Å². The number of allylic oxidation sites excluding steroid dienone is 1. The van der Waals surface area contributed by atoms with Gasteiger partial charge in [-0.25, -0.2) is 4.39 Å². The van der Waals surface area contributed by atoms with Gasteiger partial charge in [0.2, 0.25) is 0 Å². The van der Waals surface area contributed by atoms with Crippen molar-refractivity contribution in [3.63, 3.8) is 0 Å². The summed E-state index contributed by atoms with van der Waals surface area (Å²) in [6, 6.07) is 25.3. The SMILES string of the molecule is CC/C(=C(/c1ccc(F)cc1)c1ccc(OCCN(C)C)cc1)c1ccccc1. The van der Waals surface area contributed by atoms with E-state index in [1.807, 2.05) is 44.4 Å². The zero-order chi connectivity index (χ0) is 20.6. The minimum Gasteiger partial charge on any atom is -0.492 e. The van der Waals surface area contributed by atoms with Gasteiger partial charge in [0.05, 0.1) is 0 Å². The lowest BCUT2D eigenvalue weighted by atomic mass is 9.88. The number of likely N-dealkylation sites (N-methyl/N-ethyl adjacent to an activating group) is 1. The molecule has 0 amide bonds. The smallest absolute Gasteiger partial charge is 0.123 e. The van der Waals surface area contributed by atoms with Crippen LogP contribution in [0, 0.1) is 5.82 Å². The predicted octanol–water partition coefficient (Wildman–Crippen LogP) is 6.14. The van der Waals surface area contributed by atoms with Crippen LogP contribution in [0.15, 0.2) is 78.9 Å². The van der Waals surface area contributed by atoms with Crippen LogP contribution in [0.5, 0.6) is 5.75 Å². The van der Waals surface area contributed by atoms with Gasteiger partial charge in [-0.1, -0.05) is 61.5 Å². The van der Waals surface area contributed by atoms with Crippen LogP contribution >= 0.6 is 0 Å². The molecule has 0 radical (unpaired) electrons. The highest BCUT2D eigenvalue weighted by Gasteiger charge is 2.13. The van der Waals surface area contributed by atoms with Gasteiger partial charge in [0.1, 0.15) is 18.2 Å². The Balaban J connectivity index is 2.02. The van der Waals surface area contributed by atoms with Crippen molar-refractivity contribution in [2.45, 2.75) is 13.3 Å². The molecule has 29 heavy (non-hydrogen) atoms. The average molecular weight is 390 g/mol. The molecule has 0 N–H and O–H groups in total. The van der Waals surface area contributed by atoms with Crippen LogP contribution in [-0.2, 0) is 0 Å². The topological polar surface area (TPSA) is 12.5 Å². The molecule has 3 rings (SSSR count). The maximum absolute atomic E-state index is 13.6. The van der Waals surface area contributed by atoms with Crippen molar-refractivity contribution in [1.82, 2.24) is 4.90 Å². The normalized spacial score (nSPS) is 12.0. The Morgan fingerprint density at radius 1 is 0.793 bits per heavy atom. The van der Waals surface area contributed by atoms with Crippen LogP contribution in [-0.4, -0.2) is 32.1 Å². The van der Waals surface area contributed by atoms with E-state index in [0.29, 0.717) is 6.61 Å². The summed E-state index contributed by atoms with van der Waals surface area (Å²) in [5, 5.41) is 0. The maximum Gasteiger partial charge on any atom is 0.123 e. The molecule has 3 aromatic carbocycles. The lowest BCUT2D eigenvalue weighted by Crippen LogP contribution is -2.19. The maximum atomic E-state index is 13.6. The van der Waals surface area contributed by atoms with Gasteiger partial charge >= 0.3 is 0 Å². The predicted molar refractivity (Wildman–Crippen MR) is 120 cm³/mol. The summed E-state index contributed by atoms with van der Waals surface area (Å²) in [7, 11) is 4.06. The number of rotatable bonds is 8. The molecule has 0 aromatic heterocycles. The van der Waals surface area contributed by atoms with Gasteiger partial charge in [-0.3, -0.25) is 0 Å². The van der Waals surface area contributed by atoms with E-state index in [1.54, 1.807) is 0 Å². The number of halogens is 1. The molecule has 0 aliphatic heterocycles. The number of ether oxygens (including phenoxy) is 1. The van der Waals surface area contributed by atoms with Crippen LogP contribution in [0.25, 0.3) is 11.1 Å². The Morgan fingerprint density at radius 2 is 1.38 bits per heavy atom. The highest BCUT2D eigenvalue weighted by Crippen LogP contribution is 2.35. The number of hydrogen-bond acceptors (Lipinski definition) is 2. The Morgan fingerprint density at radius 3 is 1.93 bits per heavy atom. The van der Waals surface area contributed by atoms with Crippen LogP contribution < -0.4 is 4.74 Å². The van der Waals surface area contributed by atoms with Gasteiger partial charge < -0.3 is 9.64 Å². The summed E-state index contributed by atoms with van der Waals surface area (Å²) in [6.07, 6.45) is 0.873. The lowest BCUT2D eigenvalue weighted by Gasteiger charge is -2.17. The fourth-order valence-corrected chi connectivity index (χ4v) is 3.36. The summed E-state index contributed by atoms with van der Waals surface area (Å²) in [6.45, 7) is 3.68. The first-order chi connectivity index (χ1) is 14.1. The molecule has 0 saturated carbocycles. The molecule has 2 nitrogen and oxygen atoms in total. The van der Waals surface area contributed by atoms with Crippen molar-refractivity contribution in [1.29, 1.82) is 0 Å². The molecule has 0 unspecified atom stereocenters. The van der Waals surface area contributed by atoms with Gasteiger partial charge in [-0.2, -0.15) is 0 Å². The summed E-state index contributed by atoms with van der Waals surface area (Å²) in [5.41, 5.74) is 5.64. The van der Waals surface area contributed by atoms with Crippen molar-refractivity contribution in [3.8, 4) is 5.75 Å². The van der Waals surface area contributed by atoms with E-state index in [9.17, 15) is 4.39 Å². The largest absolute Gasteiger partial charge is 0.492 e. The molecule has 0 saturated heterocycles. The summed E-state index contributed by atoms with van der Waals surface area (Å²) in [4.78, 5) is 2.09. The second-order valence-electron chi connectivity index (χ2n) is 7.26. The molecule has 0 aliphatic rings. The number of hydrogen-bond donors (Lipinski definition) is 0. The van der Waals surface area contributed by atoms with Crippen molar-refractivity contribution in [3.05, 3.63) is 101 Å². The molecule has 0 heterocycles. The second kappa shape index (κ2) is 10.0. The first kappa shape index (κ1) is 20.8.